The van der Waals surface area contributed by atoms with E-state index in [0.29, 0.717) is 12.4 Å². The Balaban J connectivity index is 1.58. The van der Waals surface area contributed by atoms with Gasteiger partial charge >= 0.3 is 0 Å². The summed E-state index contributed by atoms with van der Waals surface area (Å²) in [4.78, 5) is 0. The maximum atomic E-state index is 14.7. The molecule has 3 nitrogen and oxygen atoms in total. The molecule has 0 spiro atoms. The van der Waals surface area contributed by atoms with Crippen molar-refractivity contribution in [3.63, 3.8) is 0 Å². The molecule has 3 rings (SSSR count). The third-order valence-corrected chi connectivity index (χ3v) is 4.51. The number of nitrogens with zero attached hydrogens (tertiary/aromatic N) is 1. The molecule has 0 aliphatic carbocycles. The maximum absolute atomic E-state index is 14.7. The van der Waals surface area contributed by atoms with E-state index in [4.69, 9.17) is 9.47 Å². The Bertz CT molecular complexity index is 837. The number of methoxy groups -OCH3 is 1. The SMILES string of the molecule is COc1ccccc1C(C)N(F)Cc1ccc(OCc2ccccc2)cc1. The highest BCUT2D eigenvalue weighted by Gasteiger charge is 2.19. The number of ether oxygens (including phenoxy) is 2. The van der Waals surface area contributed by atoms with Crippen molar-refractivity contribution in [2.45, 2.75) is 26.1 Å². The van der Waals surface area contributed by atoms with Crippen molar-refractivity contribution in [2.24, 2.45) is 0 Å². The first-order valence-corrected chi connectivity index (χ1v) is 8.98. The zero-order valence-corrected chi connectivity index (χ0v) is 15.6. The van der Waals surface area contributed by atoms with Crippen LogP contribution in [0, 0.1) is 0 Å². The monoisotopic (exact) mass is 365 g/mol. The Morgan fingerprint density at radius 3 is 2.22 bits per heavy atom. The van der Waals surface area contributed by atoms with Crippen LogP contribution in [0.1, 0.15) is 29.7 Å². The molecule has 0 saturated carbocycles. The van der Waals surface area contributed by atoms with Crippen LogP contribution in [0.15, 0.2) is 78.9 Å². The average Bonchev–Trinajstić information content (AvgIpc) is 2.73. The fourth-order valence-corrected chi connectivity index (χ4v) is 2.91. The van der Waals surface area contributed by atoms with Crippen molar-refractivity contribution in [2.75, 3.05) is 7.11 Å². The van der Waals surface area contributed by atoms with E-state index in [2.05, 4.69) is 0 Å². The largest absolute Gasteiger partial charge is 0.496 e. The van der Waals surface area contributed by atoms with Gasteiger partial charge in [0.05, 0.1) is 19.7 Å². The van der Waals surface area contributed by atoms with Gasteiger partial charge in [-0.25, -0.2) is 0 Å². The molecule has 1 atom stereocenters. The predicted molar refractivity (Wildman–Crippen MR) is 105 cm³/mol. The smallest absolute Gasteiger partial charge is 0.123 e. The minimum absolute atomic E-state index is 0.193. The van der Waals surface area contributed by atoms with Gasteiger partial charge in [-0.15, -0.1) is 9.60 Å². The molecule has 3 aromatic rings. The van der Waals surface area contributed by atoms with Gasteiger partial charge in [-0.05, 0) is 36.2 Å². The van der Waals surface area contributed by atoms with E-state index in [1.807, 2.05) is 85.8 Å². The molecular formula is C23H24FNO2. The molecule has 4 heteroatoms. The summed E-state index contributed by atoms with van der Waals surface area (Å²) in [6, 6.07) is 24.6. The molecule has 0 N–H and O–H groups in total. The second-order valence-corrected chi connectivity index (χ2v) is 6.39. The number of hydrogen-bond acceptors (Lipinski definition) is 3. The minimum Gasteiger partial charge on any atom is -0.496 e. The van der Waals surface area contributed by atoms with Crippen LogP contribution in [0.3, 0.4) is 0 Å². The van der Waals surface area contributed by atoms with Crippen LogP contribution < -0.4 is 9.47 Å². The van der Waals surface area contributed by atoms with Crippen molar-refractivity contribution < 1.29 is 14.0 Å². The number of rotatable bonds is 8. The Labute approximate surface area is 159 Å². The van der Waals surface area contributed by atoms with E-state index < -0.39 is 6.04 Å². The quantitative estimate of drug-likeness (QED) is 0.476. The van der Waals surface area contributed by atoms with Gasteiger partial charge in [0.25, 0.3) is 0 Å². The van der Waals surface area contributed by atoms with Crippen LogP contribution in [0.4, 0.5) is 4.48 Å². The zero-order valence-electron chi connectivity index (χ0n) is 15.6. The van der Waals surface area contributed by atoms with Crippen molar-refractivity contribution in [3.8, 4) is 11.5 Å². The highest BCUT2D eigenvalue weighted by Crippen LogP contribution is 2.30. The van der Waals surface area contributed by atoms with E-state index in [9.17, 15) is 4.48 Å². The lowest BCUT2D eigenvalue weighted by molar-refractivity contribution is -0.0265. The number of hydrogen-bond donors (Lipinski definition) is 0. The van der Waals surface area contributed by atoms with Crippen LogP contribution >= 0.6 is 0 Å². The van der Waals surface area contributed by atoms with Crippen molar-refractivity contribution in [1.82, 2.24) is 5.12 Å². The Kier molecular flexibility index (Phi) is 6.44. The molecule has 3 aromatic carbocycles. The van der Waals surface area contributed by atoms with Gasteiger partial charge in [0, 0.05) is 5.56 Å². The van der Waals surface area contributed by atoms with E-state index >= 15 is 0 Å². The van der Waals surface area contributed by atoms with Crippen molar-refractivity contribution in [1.29, 1.82) is 0 Å². The van der Waals surface area contributed by atoms with E-state index in [0.717, 1.165) is 27.6 Å². The fourth-order valence-electron chi connectivity index (χ4n) is 2.91. The van der Waals surface area contributed by atoms with Crippen LogP contribution in [0.2, 0.25) is 0 Å². The minimum atomic E-state index is -0.407. The summed E-state index contributed by atoms with van der Waals surface area (Å²) in [6.45, 7) is 2.54. The molecule has 1 unspecified atom stereocenters. The van der Waals surface area contributed by atoms with E-state index in [1.165, 1.54) is 0 Å². The first-order valence-electron chi connectivity index (χ1n) is 8.98. The molecular weight excluding hydrogens is 341 g/mol. The average molecular weight is 365 g/mol. The standard InChI is InChI=1S/C23H24FNO2/c1-18(22-10-6-7-11-23(22)26-2)25(24)16-19-12-14-21(15-13-19)27-17-20-8-4-3-5-9-20/h3-15,18H,16-17H2,1-2H3. The first kappa shape index (κ1) is 18.9. The molecule has 27 heavy (non-hydrogen) atoms. The Morgan fingerprint density at radius 2 is 1.52 bits per heavy atom. The number of para-hydroxylation sites is 1. The van der Waals surface area contributed by atoms with Crippen LogP contribution in [-0.4, -0.2) is 12.2 Å². The maximum Gasteiger partial charge on any atom is 0.123 e. The summed E-state index contributed by atoms with van der Waals surface area (Å²) in [6.07, 6.45) is 0. The zero-order chi connectivity index (χ0) is 19.1. The van der Waals surface area contributed by atoms with Gasteiger partial charge in [0.2, 0.25) is 0 Å². The lowest BCUT2D eigenvalue weighted by Gasteiger charge is -2.22. The Morgan fingerprint density at radius 1 is 0.852 bits per heavy atom. The van der Waals surface area contributed by atoms with Gasteiger partial charge in [0.15, 0.2) is 0 Å². The molecule has 0 bridgehead atoms. The summed E-state index contributed by atoms with van der Waals surface area (Å²) in [7, 11) is 1.60. The molecule has 0 fully saturated rings. The predicted octanol–water partition coefficient (Wildman–Crippen LogP) is 5.72. The molecule has 0 aliphatic rings. The van der Waals surface area contributed by atoms with Gasteiger partial charge in [-0.3, -0.25) is 0 Å². The highest BCUT2D eigenvalue weighted by molar-refractivity contribution is 5.35. The molecule has 0 amide bonds. The fraction of sp³-hybridized carbons (Fsp3) is 0.217. The summed E-state index contributed by atoms with van der Waals surface area (Å²) in [5.74, 6) is 1.46. The van der Waals surface area contributed by atoms with E-state index in [1.54, 1.807) is 7.11 Å². The third-order valence-electron chi connectivity index (χ3n) is 4.51. The third kappa shape index (κ3) is 5.08. The molecule has 0 saturated heterocycles. The topological polar surface area (TPSA) is 21.7 Å². The molecule has 0 aromatic heterocycles. The van der Waals surface area contributed by atoms with E-state index in [-0.39, 0.29) is 6.54 Å². The molecule has 0 heterocycles. The summed E-state index contributed by atoms with van der Waals surface area (Å²) < 4.78 is 25.8. The Hall–Kier alpha value is -2.85. The summed E-state index contributed by atoms with van der Waals surface area (Å²) >= 11 is 0. The second-order valence-electron chi connectivity index (χ2n) is 6.39. The first-order chi connectivity index (χ1) is 13.2. The normalized spacial score (nSPS) is 12.0. The van der Waals surface area contributed by atoms with Crippen LogP contribution in [0.5, 0.6) is 11.5 Å². The summed E-state index contributed by atoms with van der Waals surface area (Å²) in [5.41, 5.74) is 2.82. The van der Waals surface area contributed by atoms with Crippen molar-refractivity contribution in [3.05, 3.63) is 95.6 Å². The van der Waals surface area contributed by atoms with Crippen molar-refractivity contribution >= 4 is 0 Å². The number of benzene rings is 3. The lowest BCUT2D eigenvalue weighted by Crippen LogP contribution is -2.18. The molecule has 140 valence electrons. The van der Waals surface area contributed by atoms with Crippen LogP contribution in [-0.2, 0) is 13.2 Å². The summed E-state index contributed by atoms with van der Waals surface area (Å²) in [5, 5.41) is 0.817. The highest BCUT2D eigenvalue weighted by atomic mass is 19.2. The van der Waals surface area contributed by atoms with Gasteiger partial charge < -0.3 is 9.47 Å². The van der Waals surface area contributed by atoms with Gasteiger partial charge in [-0.2, -0.15) is 0 Å². The van der Waals surface area contributed by atoms with Crippen LogP contribution in [0.25, 0.3) is 0 Å². The van der Waals surface area contributed by atoms with Gasteiger partial charge in [-0.1, -0.05) is 60.7 Å². The second kappa shape index (κ2) is 9.19. The molecule has 0 radical (unpaired) electrons. The lowest BCUT2D eigenvalue weighted by atomic mass is 10.1. The number of halogens is 1. The molecule has 0 aliphatic heterocycles. The van der Waals surface area contributed by atoms with Gasteiger partial charge in [0.1, 0.15) is 18.1 Å².